The topological polar surface area (TPSA) is 116 Å². The molecular formula is C16H18N4O5S. The highest BCUT2D eigenvalue weighted by Gasteiger charge is 2.41. The zero-order chi connectivity index (χ0) is 18.5. The largest absolute Gasteiger partial charge is 0.352 e. The van der Waals surface area contributed by atoms with Crippen molar-refractivity contribution in [2.75, 3.05) is 32.7 Å². The summed E-state index contributed by atoms with van der Waals surface area (Å²) in [5.41, 5.74) is 1.22. The highest BCUT2D eigenvalue weighted by atomic mass is 32.2. The number of nitrogens with zero attached hydrogens (tertiary/aromatic N) is 2. The first kappa shape index (κ1) is 17.0. The van der Waals surface area contributed by atoms with E-state index in [1.54, 1.807) is 6.07 Å². The van der Waals surface area contributed by atoms with E-state index < -0.39 is 21.8 Å². The Bertz CT molecular complexity index is 913. The smallest absolute Gasteiger partial charge is 0.312 e. The Morgan fingerprint density at radius 2 is 1.85 bits per heavy atom. The Kier molecular flexibility index (Phi) is 3.96. The fourth-order valence-corrected chi connectivity index (χ4v) is 5.10. The minimum atomic E-state index is -3.80. The lowest BCUT2D eigenvalue weighted by Crippen LogP contribution is -2.65. The van der Waals surface area contributed by atoms with E-state index in [4.69, 9.17) is 0 Å². The molecule has 0 unspecified atom stereocenters. The van der Waals surface area contributed by atoms with Crippen LogP contribution in [0.4, 0.5) is 0 Å². The molecule has 4 rings (SSSR count). The number of hydrogen-bond donors (Lipinski definition) is 2. The first-order valence-corrected chi connectivity index (χ1v) is 9.82. The van der Waals surface area contributed by atoms with E-state index in [9.17, 15) is 22.8 Å². The summed E-state index contributed by atoms with van der Waals surface area (Å²) in [6, 6.07) is 4.23. The Hall–Kier alpha value is -2.46. The van der Waals surface area contributed by atoms with Crippen LogP contribution >= 0.6 is 0 Å². The minimum absolute atomic E-state index is 0.0629. The third-order valence-electron chi connectivity index (χ3n) is 5.04. The number of piperazine rings is 2. The molecule has 2 N–H and O–H groups in total. The summed E-state index contributed by atoms with van der Waals surface area (Å²) >= 11 is 0. The third kappa shape index (κ3) is 2.65. The first-order valence-electron chi connectivity index (χ1n) is 8.38. The summed E-state index contributed by atoms with van der Waals surface area (Å²) in [5, 5.41) is 5.20. The molecule has 1 atom stereocenters. The number of benzene rings is 1. The van der Waals surface area contributed by atoms with E-state index in [1.165, 1.54) is 21.3 Å². The molecule has 138 valence electrons. The minimum Gasteiger partial charge on any atom is -0.352 e. The van der Waals surface area contributed by atoms with Crippen LogP contribution in [0.3, 0.4) is 0 Å². The van der Waals surface area contributed by atoms with Gasteiger partial charge in [-0.1, -0.05) is 6.07 Å². The Labute approximate surface area is 150 Å². The van der Waals surface area contributed by atoms with Crippen LogP contribution in [0.1, 0.15) is 15.9 Å². The van der Waals surface area contributed by atoms with Gasteiger partial charge in [-0.05, 0) is 24.1 Å². The number of hydrogen-bond acceptors (Lipinski definition) is 5. The van der Waals surface area contributed by atoms with Gasteiger partial charge >= 0.3 is 11.8 Å². The van der Waals surface area contributed by atoms with Crippen molar-refractivity contribution in [3.8, 4) is 0 Å². The van der Waals surface area contributed by atoms with Gasteiger partial charge in [0.1, 0.15) is 0 Å². The van der Waals surface area contributed by atoms with E-state index in [1.807, 2.05) is 0 Å². The quantitative estimate of drug-likeness (QED) is 0.596. The zero-order valence-corrected chi connectivity index (χ0v) is 14.7. The highest BCUT2D eigenvalue weighted by molar-refractivity contribution is 7.89. The number of rotatable bonds is 2. The second kappa shape index (κ2) is 6.06. The summed E-state index contributed by atoms with van der Waals surface area (Å²) in [6.07, 6.45) is 0.671. The van der Waals surface area contributed by atoms with Crippen LogP contribution in [0.5, 0.6) is 0 Å². The van der Waals surface area contributed by atoms with Gasteiger partial charge in [0.15, 0.2) is 0 Å². The molecule has 2 fully saturated rings. The fourth-order valence-electron chi connectivity index (χ4n) is 3.60. The van der Waals surface area contributed by atoms with Gasteiger partial charge in [0.25, 0.3) is 5.91 Å². The molecule has 3 amide bonds. The Balaban J connectivity index is 1.60. The predicted octanol–water partition coefficient (Wildman–Crippen LogP) is -1.70. The molecule has 0 radical (unpaired) electrons. The molecule has 9 nitrogen and oxygen atoms in total. The van der Waals surface area contributed by atoms with Crippen LogP contribution in [0.2, 0.25) is 0 Å². The average molecular weight is 378 g/mol. The summed E-state index contributed by atoms with van der Waals surface area (Å²) < 4.78 is 27.3. The Morgan fingerprint density at radius 1 is 1.04 bits per heavy atom. The monoisotopic (exact) mass is 378 g/mol. The van der Waals surface area contributed by atoms with Crippen LogP contribution in [0, 0.1) is 0 Å². The Morgan fingerprint density at radius 3 is 2.65 bits per heavy atom. The molecule has 0 bridgehead atoms. The predicted molar refractivity (Wildman–Crippen MR) is 89.7 cm³/mol. The van der Waals surface area contributed by atoms with Gasteiger partial charge in [0.05, 0.1) is 10.9 Å². The second-order valence-corrected chi connectivity index (χ2v) is 8.49. The average Bonchev–Trinajstić information content (AvgIpc) is 2.64. The lowest BCUT2D eigenvalue weighted by molar-refractivity contribution is -0.151. The molecule has 0 saturated carbocycles. The molecule has 3 heterocycles. The maximum Gasteiger partial charge on any atom is 0.312 e. The molecule has 3 aliphatic heterocycles. The molecule has 10 heteroatoms. The molecule has 26 heavy (non-hydrogen) atoms. The van der Waals surface area contributed by atoms with E-state index in [0.717, 1.165) is 5.56 Å². The van der Waals surface area contributed by atoms with E-state index >= 15 is 0 Å². The van der Waals surface area contributed by atoms with E-state index in [0.29, 0.717) is 18.5 Å². The van der Waals surface area contributed by atoms with Gasteiger partial charge in [-0.3, -0.25) is 14.4 Å². The maximum absolute atomic E-state index is 13.0. The van der Waals surface area contributed by atoms with Gasteiger partial charge in [-0.25, -0.2) is 8.42 Å². The third-order valence-corrected chi connectivity index (χ3v) is 6.90. The molecule has 0 aliphatic carbocycles. The molecule has 0 aromatic heterocycles. The van der Waals surface area contributed by atoms with E-state index in [-0.39, 0.29) is 43.0 Å². The van der Waals surface area contributed by atoms with Crippen molar-refractivity contribution >= 4 is 27.7 Å². The molecule has 3 aliphatic rings. The number of nitrogens with one attached hydrogen (secondary N) is 2. The van der Waals surface area contributed by atoms with Crippen LogP contribution in [-0.4, -0.2) is 74.1 Å². The highest BCUT2D eigenvalue weighted by Crippen LogP contribution is 2.24. The molecule has 0 spiro atoms. The molecular weight excluding hydrogens is 360 g/mol. The van der Waals surface area contributed by atoms with Crippen molar-refractivity contribution in [1.82, 2.24) is 19.8 Å². The van der Waals surface area contributed by atoms with Gasteiger partial charge < -0.3 is 15.5 Å². The number of amides is 3. The summed E-state index contributed by atoms with van der Waals surface area (Å²) in [4.78, 5) is 36.8. The standard InChI is InChI=1S/C16H18N4O5S/c21-14-13-7-12(2-1-10(13)3-4-17-14)26(24,25)19-5-6-20-11(9-19)8-18-15(22)16(20)23/h1-2,7,11H,3-6,8-9H2,(H,17,21)(H,18,22)/t11-/m0/s1. The van der Waals surface area contributed by atoms with Crippen molar-refractivity contribution in [3.63, 3.8) is 0 Å². The molecule has 1 aromatic carbocycles. The molecule has 2 saturated heterocycles. The van der Waals surface area contributed by atoms with Crippen LogP contribution in [0.15, 0.2) is 23.1 Å². The normalized spacial score (nSPS) is 23.8. The fraction of sp³-hybridized carbons (Fsp3) is 0.438. The summed E-state index contributed by atoms with van der Waals surface area (Å²) in [6.45, 7) is 1.16. The van der Waals surface area contributed by atoms with Crippen LogP contribution < -0.4 is 10.6 Å². The molecule has 1 aromatic rings. The number of carbonyl (C=O) groups excluding carboxylic acids is 3. The summed E-state index contributed by atoms with van der Waals surface area (Å²) in [5.74, 6) is -1.55. The van der Waals surface area contributed by atoms with Crippen molar-refractivity contribution in [3.05, 3.63) is 29.3 Å². The van der Waals surface area contributed by atoms with Crippen LogP contribution in [0.25, 0.3) is 0 Å². The van der Waals surface area contributed by atoms with Gasteiger partial charge in [0, 0.05) is 38.3 Å². The second-order valence-electron chi connectivity index (χ2n) is 6.55. The number of carbonyl (C=O) groups is 3. The van der Waals surface area contributed by atoms with Gasteiger partial charge in [0.2, 0.25) is 10.0 Å². The SMILES string of the molecule is O=C1NC[C@H]2CN(S(=O)(=O)c3ccc4c(c3)C(=O)NCC4)CCN2C1=O. The van der Waals surface area contributed by atoms with Gasteiger partial charge in [-0.15, -0.1) is 0 Å². The maximum atomic E-state index is 13.0. The van der Waals surface area contributed by atoms with Crippen LogP contribution in [-0.2, 0) is 26.0 Å². The first-order chi connectivity index (χ1) is 12.4. The van der Waals surface area contributed by atoms with Crippen molar-refractivity contribution in [2.24, 2.45) is 0 Å². The number of sulfonamides is 1. The zero-order valence-electron chi connectivity index (χ0n) is 13.9. The summed E-state index contributed by atoms with van der Waals surface area (Å²) in [7, 11) is -3.80. The van der Waals surface area contributed by atoms with Crippen molar-refractivity contribution in [2.45, 2.75) is 17.4 Å². The van der Waals surface area contributed by atoms with E-state index in [2.05, 4.69) is 10.6 Å². The van der Waals surface area contributed by atoms with Crippen molar-refractivity contribution in [1.29, 1.82) is 0 Å². The van der Waals surface area contributed by atoms with Gasteiger partial charge in [-0.2, -0.15) is 4.31 Å². The van der Waals surface area contributed by atoms with Crippen molar-refractivity contribution < 1.29 is 22.8 Å². The number of fused-ring (bicyclic) bond motifs is 2. The lowest BCUT2D eigenvalue weighted by Gasteiger charge is -2.42. The lowest BCUT2D eigenvalue weighted by atomic mass is 10.0.